The number of anilines is 1. The highest BCUT2D eigenvalue weighted by Crippen LogP contribution is 2.48. The molecule has 2 aliphatic rings. The fourth-order valence-corrected chi connectivity index (χ4v) is 6.61. The van der Waals surface area contributed by atoms with E-state index in [4.69, 9.17) is 14.2 Å². The number of ether oxygens (including phenoxy) is 3. The van der Waals surface area contributed by atoms with Gasteiger partial charge >= 0.3 is 5.97 Å². The molecule has 8 nitrogen and oxygen atoms in total. The second-order valence-corrected chi connectivity index (χ2v) is 12.2. The summed E-state index contributed by atoms with van der Waals surface area (Å²) < 4.78 is 31.5. The van der Waals surface area contributed by atoms with Crippen molar-refractivity contribution < 1.29 is 33.3 Å². The largest absolute Gasteiger partial charge is 0.493 e. The smallest absolute Gasteiger partial charge is 0.309 e. The van der Waals surface area contributed by atoms with E-state index in [1.165, 1.54) is 6.07 Å². The first-order valence-electron chi connectivity index (χ1n) is 14.9. The Hall–Kier alpha value is -3.76. The number of carbonyl (C=O) groups excluding carboxylic acids is 1. The molecule has 0 saturated carbocycles. The van der Waals surface area contributed by atoms with Gasteiger partial charge in [-0.2, -0.15) is 11.8 Å². The van der Waals surface area contributed by atoms with Gasteiger partial charge in [0, 0.05) is 29.9 Å². The van der Waals surface area contributed by atoms with Gasteiger partial charge in [0.25, 0.3) is 0 Å². The Morgan fingerprint density at radius 1 is 1.07 bits per heavy atom. The van der Waals surface area contributed by atoms with Gasteiger partial charge in [0.05, 0.1) is 19.1 Å². The molecule has 3 aromatic rings. The lowest BCUT2D eigenvalue weighted by Gasteiger charge is -2.27. The minimum Gasteiger partial charge on any atom is -0.493 e. The molecule has 3 aromatic carbocycles. The van der Waals surface area contributed by atoms with Crippen LogP contribution in [-0.2, 0) is 22.4 Å². The Morgan fingerprint density at radius 3 is 2.41 bits per heavy atom. The molecule has 1 saturated heterocycles. The molecule has 44 heavy (non-hydrogen) atoms. The van der Waals surface area contributed by atoms with Crippen molar-refractivity contribution in [2.24, 2.45) is 5.92 Å². The summed E-state index contributed by atoms with van der Waals surface area (Å²) in [5.74, 6) is -1.61. The Morgan fingerprint density at radius 2 is 1.77 bits per heavy atom. The molecule has 0 radical (unpaired) electrons. The van der Waals surface area contributed by atoms with E-state index in [2.05, 4.69) is 31.3 Å². The van der Waals surface area contributed by atoms with E-state index in [0.29, 0.717) is 17.9 Å². The highest BCUT2D eigenvalue weighted by molar-refractivity contribution is 7.98. The number of halogens is 1. The van der Waals surface area contributed by atoms with Crippen molar-refractivity contribution >= 4 is 29.3 Å². The van der Waals surface area contributed by atoms with Crippen LogP contribution in [0.4, 0.5) is 10.1 Å². The number of hydrogen-bond acceptors (Lipinski definition) is 7. The topological polar surface area (TPSA) is 97.3 Å². The normalized spacial score (nSPS) is 19.2. The van der Waals surface area contributed by atoms with E-state index in [1.54, 1.807) is 17.8 Å². The number of nitrogens with zero attached hydrogens (tertiary/aromatic N) is 1. The second-order valence-electron chi connectivity index (χ2n) is 11.2. The van der Waals surface area contributed by atoms with E-state index in [0.717, 1.165) is 46.5 Å². The van der Waals surface area contributed by atoms with Crippen LogP contribution in [0.3, 0.4) is 0 Å². The zero-order valence-electron chi connectivity index (χ0n) is 25.5. The summed E-state index contributed by atoms with van der Waals surface area (Å²) in [7, 11) is 0. The molecule has 0 spiro atoms. The number of aliphatic carboxylic acids is 1. The standard InChI is InChI=1S/C34H39FN2O6S/c1-5-21-13-20(3)14-22(6-2)31(21)36-29(38)18-37-17-26(24-15-27(35)33-28(16-24)42-19-43-33)30(34(39)40)32(37)23-7-9-25(10-8-23)41-11-12-44-4/h7-10,13-16,26,30,32H,5-6,11-12,17-19H2,1-4H3,(H,36,38)(H,39,40)/t26-,30-,32+/m1/s1. The monoisotopic (exact) mass is 622 g/mol. The zero-order chi connectivity index (χ0) is 31.4. The van der Waals surface area contributed by atoms with Crippen molar-refractivity contribution in [1.29, 1.82) is 0 Å². The number of benzene rings is 3. The van der Waals surface area contributed by atoms with Crippen LogP contribution >= 0.6 is 11.8 Å². The number of rotatable bonds is 12. The fraction of sp³-hybridized carbons (Fsp3) is 0.412. The summed E-state index contributed by atoms with van der Waals surface area (Å²) in [5.41, 5.74) is 5.30. The minimum absolute atomic E-state index is 0.0278. The van der Waals surface area contributed by atoms with E-state index < -0.39 is 29.7 Å². The third kappa shape index (κ3) is 6.66. The van der Waals surface area contributed by atoms with Crippen molar-refractivity contribution in [3.8, 4) is 17.2 Å². The summed E-state index contributed by atoms with van der Waals surface area (Å²) in [5, 5.41) is 13.7. The van der Waals surface area contributed by atoms with Crippen molar-refractivity contribution in [3.05, 3.63) is 82.2 Å². The number of carboxylic acid groups (broad SMARTS) is 1. The Kier molecular flexibility index (Phi) is 10.0. The van der Waals surface area contributed by atoms with Crippen molar-refractivity contribution in [3.63, 3.8) is 0 Å². The lowest BCUT2D eigenvalue weighted by molar-refractivity contribution is -0.143. The molecule has 2 aliphatic heterocycles. The summed E-state index contributed by atoms with van der Waals surface area (Å²) in [4.78, 5) is 28.5. The average molecular weight is 623 g/mol. The maximum atomic E-state index is 15.0. The first kappa shape index (κ1) is 31.7. The SMILES string of the molecule is CCc1cc(C)cc(CC)c1NC(=O)CN1C[C@H](c2cc(F)c3c(c2)OCO3)[C@@H](C(=O)O)[C@@H]1c1ccc(OCCSC)cc1. The van der Waals surface area contributed by atoms with Crippen LogP contribution in [0, 0.1) is 18.7 Å². The van der Waals surface area contributed by atoms with Gasteiger partial charge in [0.15, 0.2) is 11.6 Å². The van der Waals surface area contributed by atoms with Crippen LogP contribution < -0.4 is 19.5 Å². The van der Waals surface area contributed by atoms with Crippen molar-refractivity contribution in [1.82, 2.24) is 4.90 Å². The third-order valence-corrected chi connectivity index (χ3v) is 8.93. The molecule has 2 N–H and O–H groups in total. The zero-order valence-corrected chi connectivity index (χ0v) is 26.3. The van der Waals surface area contributed by atoms with Crippen LogP contribution in [-0.4, -0.2) is 60.4 Å². The predicted octanol–water partition coefficient (Wildman–Crippen LogP) is 6.21. The maximum absolute atomic E-state index is 15.0. The molecule has 234 valence electrons. The van der Waals surface area contributed by atoms with E-state index in [1.807, 2.05) is 42.3 Å². The van der Waals surface area contributed by atoms with Gasteiger partial charge in [0.2, 0.25) is 18.4 Å². The average Bonchev–Trinajstić information content (AvgIpc) is 3.64. The summed E-state index contributed by atoms with van der Waals surface area (Å²) in [6.07, 6.45) is 3.54. The number of carboxylic acids is 1. The first-order valence-corrected chi connectivity index (χ1v) is 16.3. The second kappa shape index (κ2) is 13.9. The highest BCUT2D eigenvalue weighted by atomic mass is 32.2. The Balaban J connectivity index is 1.48. The van der Waals surface area contributed by atoms with Gasteiger partial charge in [-0.1, -0.05) is 43.7 Å². The number of hydrogen-bond donors (Lipinski definition) is 2. The molecule has 0 aromatic heterocycles. The van der Waals surface area contributed by atoms with Gasteiger partial charge in [-0.05, 0) is 72.5 Å². The van der Waals surface area contributed by atoms with E-state index in [9.17, 15) is 14.7 Å². The van der Waals surface area contributed by atoms with Gasteiger partial charge in [-0.25, -0.2) is 4.39 Å². The minimum atomic E-state index is -1.03. The van der Waals surface area contributed by atoms with Crippen LogP contribution in [0.2, 0.25) is 0 Å². The summed E-state index contributed by atoms with van der Waals surface area (Å²) >= 11 is 1.69. The van der Waals surface area contributed by atoms with Crippen LogP contribution in [0.5, 0.6) is 17.2 Å². The molecular weight excluding hydrogens is 583 g/mol. The Labute approximate surface area is 261 Å². The maximum Gasteiger partial charge on any atom is 0.309 e. The highest BCUT2D eigenvalue weighted by Gasteiger charge is 2.48. The van der Waals surface area contributed by atoms with Gasteiger partial charge in [-0.3, -0.25) is 14.5 Å². The quantitative estimate of drug-likeness (QED) is 0.230. The van der Waals surface area contributed by atoms with Crippen LogP contribution in [0.15, 0.2) is 48.5 Å². The molecule has 0 aliphatic carbocycles. The number of likely N-dealkylation sites (tertiary alicyclic amines) is 1. The Bertz CT molecular complexity index is 1490. The molecule has 3 atom stereocenters. The third-order valence-electron chi connectivity index (χ3n) is 8.36. The molecular formula is C34H39FN2O6S. The molecule has 1 fully saturated rings. The van der Waals surface area contributed by atoms with Crippen LogP contribution in [0.1, 0.15) is 53.6 Å². The van der Waals surface area contributed by atoms with E-state index >= 15 is 4.39 Å². The van der Waals surface area contributed by atoms with Crippen molar-refractivity contribution in [2.75, 3.05) is 43.8 Å². The number of amides is 1. The number of carbonyl (C=O) groups is 2. The van der Waals surface area contributed by atoms with Gasteiger partial charge in [0.1, 0.15) is 5.75 Å². The summed E-state index contributed by atoms with van der Waals surface area (Å²) in [6.45, 7) is 6.82. The van der Waals surface area contributed by atoms with Crippen LogP contribution in [0.25, 0.3) is 0 Å². The van der Waals surface area contributed by atoms with E-state index in [-0.39, 0.29) is 37.3 Å². The first-order chi connectivity index (χ1) is 21.2. The van der Waals surface area contributed by atoms with Crippen molar-refractivity contribution in [2.45, 2.75) is 45.6 Å². The molecule has 10 heteroatoms. The number of nitrogens with one attached hydrogen (secondary N) is 1. The molecule has 1 amide bonds. The van der Waals surface area contributed by atoms with Gasteiger partial charge < -0.3 is 24.6 Å². The number of fused-ring (bicyclic) bond motifs is 1. The predicted molar refractivity (Wildman–Crippen MR) is 170 cm³/mol. The lowest BCUT2D eigenvalue weighted by atomic mass is 9.82. The summed E-state index contributed by atoms with van der Waals surface area (Å²) in [6, 6.07) is 13.9. The fourth-order valence-electron chi connectivity index (χ4n) is 6.36. The molecule has 2 heterocycles. The molecule has 0 unspecified atom stereocenters. The molecule has 0 bridgehead atoms. The van der Waals surface area contributed by atoms with Gasteiger partial charge in [-0.15, -0.1) is 0 Å². The molecule has 5 rings (SSSR count). The lowest BCUT2D eigenvalue weighted by Crippen LogP contribution is -2.35. The number of thioether (sulfide) groups is 1. The number of aryl methyl sites for hydroxylation is 3.